The molecule has 0 aromatic carbocycles. The van der Waals surface area contributed by atoms with Gasteiger partial charge in [0.15, 0.2) is 0 Å². The lowest BCUT2D eigenvalue weighted by molar-refractivity contribution is -0.153. The van der Waals surface area contributed by atoms with Gasteiger partial charge in [-0.05, 0) is 76.0 Å². The van der Waals surface area contributed by atoms with Crippen LogP contribution in [0.25, 0.3) is 0 Å². The van der Waals surface area contributed by atoms with Crippen molar-refractivity contribution in [1.82, 2.24) is 0 Å². The maximum Gasteiger partial charge on any atom is 0.311 e. The molecule has 1 aliphatic rings. The van der Waals surface area contributed by atoms with Gasteiger partial charge in [-0.15, -0.1) is 0 Å². The molecule has 0 aromatic heterocycles. The first-order valence-corrected chi connectivity index (χ1v) is 10.3. The zero-order valence-corrected chi connectivity index (χ0v) is 17.9. The van der Waals surface area contributed by atoms with Crippen LogP contribution in [-0.4, -0.2) is 25.8 Å². The van der Waals surface area contributed by atoms with Crippen molar-refractivity contribution in [2.75, 3.05) is 13.7 Å². The van der Waals surface area contributed by atoms with Gasteiger partial charge in [0.2, 0.25) is 0 Å². The Morgan fingerprint density at radius 1 is 1.12 bits per heavy atom. The number of esters is 1. The average Bonchev–Trinajstić information content (AvgIpc) is 2.98. The molecule has 25 heavy (non-hydrogen) atoms. The molecule has 0 bridgehead atoms. The van der Waals surface area contributed by atoms with E-state index in [1.807, 2.05) is 27.9 Å². The van der Waals surface area contributed by atoms with Gasteiger partial charge < -0.3 is 9.47 Å². The van der Waals surface area contributed by atoms with Gasteiger partial charge in [-0.2, -0.15) is 0 Å². The molecule has 0 amide bonds. The van der Waals surface area contributed by atoms with Crippen LogP contribution >= 0.6 is 0 Å². The second-order valence-corrected chi connectivity index (χ2v) is 9.55. The van der Waals surface area contributed by atoms with Gasteiger partial charge >= 0.3 is 5.97 Å². The number of hydrogen-bond donors (Lipinski definition) is 0. The largest absolute Gasteiger partial charge is 0.465 e. The van der Waals surface area contributed by atoms with Gasteiger partial charge in [-0.3, -0.25) is 4.79 Å². The van der Waals surface area contributed by atoms with Gasteiger partial charge in [0.1, 0.15) is 0 Å². The fourth-order valence-corrected chi connectivity index (χ4v) is 4.17. The summed E-state index contributed by atoms with van der Waals surface area (Å²) in [6.45, 7) is 15.6. The summed E-state index contributed by atoms with van der Waals surface area (Å²) in [4.78, 5) is 11.9. The van der Waals surface area contributed by atoms with Gasteiger partial charge in [0, 0.05) is 7.11 Å². The maximum atomic E-state index is 11.9. The molecule has 6 atom stereocenters. The van der Waals surface area contributed by atoms with Crippen LogP contribution in [0.15, 0.2) is 0 Å². The van der Waals surface area contributed by atoms with Crippen LogP contribution in [0.3, 0.4) is 0 Å². The monoisotopic (exact) mass is 354 g/mol. The van der Waals surface area contributed by atoms with E-state index in [0.29, 0.717) is 24.5 Å². The summed E-state index contributed by atoms with van der Waals surface area (Å²) in [6.07, 6.45) is 6.32. The van der Waals surface area contributed by atoms with E-state index in [4.69, 9.17) is 9.47 Å². The minimum atomic E-state index is -0.415. The Morgan fingerprint density at radius 3 is 2.28 bits per heavy atom. The second kappa shape index (κ2) is 9.94. The van der Waals surface area contributed by atoms with Crippen molar-refractivity contribution in [3.8, 4) is 0 Å². The highest BCUT2D eigenvalue weighted by molar-refractivity contribution is 5.75. The molecule has 3 heteroatoms. The first-order chi connectivity index (χ1) is 11.6. The fraction of sp³-hybridized carbons (Fsp3) is 0.955. The van der Waals surface area contributed by atoms with Gasteiger partial charge in [0.05, 0.1) is 18.1 Å². The van der Waals surface area contributed by atoms with E-state index in [0.717, 1.165) is 24.2 Å². The van der Waals surface area contributed by atoms with E-state index in [1.165, 1.54) is 25.7 Å². The lowest BCUT2D eigenvalue weighted by Gasteiger charge is -2.25. The molecule has 1 rings (SSSR count). The number of carbonyl (C=O) groups is 1. The summed E-state index contributed by atoms with van der Waals surface area (Å²) in [6, 6.07) is 0. The highest BCUT2D eigenvalue weighted by Crippen LogP contribution is 2.43. The number of rotatable bonds is 9. The molecule has 3 nitrogen and oxygen atoms in total. The lowest BCUT2D eigenvalue weighted by Crippen LogP contribution is -2.26. The third kappa shape index (κ3) is 6.92. The molecule has 0 N–H and O–H groups in total. The van der Waals surface area contributed by atoms with Crippen molar-refractivity contribution in [3.05, 3.63) is 0 Å². The van der Waals surface area contributed by atoms with Crippen LogP contribution in [0.4, 0.5) is 0 Å². The predicted molar refractivity (Wildman–Crippen MR) is 104 cm³/mol. The molecular formula is C22H42O3. The molecule has 0 spiro atoms. The zero-order valence-electron chi connectivity index (χ0n) is 17.9. The van der Waals surface area contributed by atoms with Crippen molar-refractivity contribution in [3.63, 3.8) is 0 Å². The molecule has 0 aliphatic heterocycles. The Morgan fingerprint density at radius 2 is 1.76 bits per heavy atom. The molecule has 1 aliphatic carbocycles. The minimum Gasteiger partial charge on any atom is -0.465 e. The molecular weight excluding hydrogens is 312 g/mol. The zero-order chi connectivity index (χ0) is 19.2. The Balaban J connectivity index is 2.51. The maximum absolute atomic E-state index is 11.9. The SMILES string of the molecule is CC[C@H](C)C[C@H](C)[C@H]1CC([C@@H](C)CCOC(=O)C(C)(C)C)[C@@H](OC)C1. The Kier molecular flexibility index (Phi) is 8.94. The van der Waals surface area contributed by atoms with Gasteiger partial charge in [0.25, 0.3) is 0 Å². The molecule has 0 heterocycles. The van der Waals surface area contributed by atoms with Crippen LogP contribution < -0.4 is 0 Å². The number of ether oxygens (including phenoxy) is 2. The van der Waals surface area contributed by atoms with E-state index in [9.17, 15) is 4.79 Å². The Bertz CT molecular complexity index is 399. The third-order valence-electron chi connectivity index (χ3n) is 6.32. The molecule has 1 unspecified atom stereocenters. The van der Waals surface area contributed by atoms with Crippen LogP contribution in [0.1, 0.15) is 80.6 Å². The van der Waals surface area contributed by atoms with E-state index in [1.54, 1.807) is 0 Å². The molecule has 0 radical (unpaired) electrons. The smallest absolute Gasteiger partial charge is 0.311 e. The lowest BCUT2D eigenvalue weighted by atomic mass is 9.82. The topological polar surface area (TPSA) is 35.5 Å². The van der Waals surface area contributed by atoms with Gasteiger partial charge in [-0.1, -0.05) is 34.1 Å². The first kappa shape index (κ1) is 22.5. The highest BCUT2D eigenvalue weighted by atomic mass is 16.5. The van der Waals surface area contributed by atoms with E-state index in [2.05, 4.69) is 27.7 Å². The third-order valence-corrected chi connectivity index (χ3v) is 6.32. The summed E-state index contributed by atoms with van der Waals surface area (Å²) in [5.41, 5.74) is -0.415. The van der Waals surface area contributed by atoms with Crippen LogP contribution in [-0.2, 0) is 14.3 Å². The molecule has 1 fully saturated rings. The summed E-state index contributed by atoms with van der Waals surface area (Å²) in [5.74, 6) is 3.35. The summed E-state index contributed by atoms with van der Waals surface area (Å²) >= 11 is 0. The number of methoxy groups -OCH3 is 1. The van der Waals surface area contributed by atoms with Crippen molar-refractivity contribution < 1.29 is 14.3 Å². The summed E-state index contributed by atoms with van der Waals surface area (Å²) in [7, 11) is 1.85. The van der Waals surface area contributed by atoms with Crippen molar-refractivity contribution in [2.24, 2.45) is 35.0 Å². The van der Waals surface area contributed by atoms with Crippen LogP contribution in [0.5, 0.6) is 0 Å². The van der Waals surface area contributed by atoms with Crippen LogP contribution in [0, 0.1) is 35.0 Å². The van der Waals surface area contributed by atoms with Crippen LogP contribution in [0.2, 0.25) is 0 Å². The minimum absolute atomic E-state index is 0.102. The Hall–Kier alpha value is -0.570. The number of carbonyl (C=O) groups excluding carboxylic acids is 1. The Labute approximate surface area is 156 Å². The highest BCUT2D eigenvalue weighted by Gasteiger charge is 2.39. The number of hydrogen-bond acceptors (Lipinski definition) is 3. The van der Waals surface area contributed by atoms with E-state index in [-0.39, 0.29) is 5.97 Å². The van der Waals surface area contributed by atoms with Crippen molar-refractivity contribution in [2.45, 2.75) is 86.7 Å². The predicted octanol–water partition coefficient (Wildman–Crippen LogP) is 5.72. The molecule has 148 valence electrons. The van der Waals surface area contributed by atoms with Gasteiger partial charge in [-0.25, -0.2) is 0 Å². The summed E-state index contributed by atoms with van der Waals surface area (Å²) in [5, 5.41) is 0. The van der Waals surface area contributed by atoms with Crippen molar-refractivity contribution >= 4 is 5.97 Å². The fourth-order valence-electron chi connectivity index (χ4n) is 4.17. The average molecular weight is 355 g/mol. The van der Waals surface area contributed by atoms with E-state index < -0.39 is 5.41 Å². The normalized spacial score (nSPS) is 27.8. The molecule has 1 saturated carbocycles. The summed E-state index contributed by atoms with van der Waals surface area (Å²) < 4.78 is 11.3. The van der Waals surface area contributed by atoms with E-state index >= 15 is 0 Å². The standard InChI is InChI=1S/C22H42O3/c1-9-15(2)12-17(4)18-13-19(20(14-18)24-8)16(3)10-11-25-21(23)22(5,6)7/h15-20H,9-14H2,1-8H3/t15-,16-,17-,18-,19?,20-/m0/s1. The van der Waals surface area contributed by atoms with Crippen molar-refractivity contribution in [1.29, 1.82) is 0 Å². The molecule has 0 aromatic rings. The second-order valence-electron chi connectivity index (χ2n) is 9.55. The molecule has 0 saturated heterocycles. The quantitative estimate of drug-likeness (QED) is 0.497. The first-order valence-electron chi connectivity index (χ1n) is 10.3.